The number of nitrogens with one attached hydrogen (secondary N) is 1. The fourth-order valence-corrected chi connectivity index (χ4v) is 4.35. The van der Waals surface area contributed by atoms with Crippen LogP contribution in [0.2, 0.25) is 0 Å². The number of benzene rings is 3. The van der Waals surface area contributed by atoms with E-state index in [2.05, 4.69) is 16.9 Å². The lowest BCUT2D eigenvalue weighted by Gasteiger charge is -2.17. The molecule has 1 aromatic heterocycles. The molecule has 5 nitrogen and oxygen atoms in total. The number of carbonyl (C=O) groups is 1. The molecule has 4 aromatic rings. The molecule has 0 saturated heterocycles. The van der Waals surface area contributed by atoms with E-state index in [1.807, 2.05) is 73.7 Å². The highest BCUT2D eigenvalue weighted by atomic mass is 32.2. The van der Waals surface area contributed by atoms with Crippen LogP contribution < -0.4 is 10.9 Å². The summed E-state index contributed by atoms with van der Waals surface area (Å²) in [5, 5.41) is 3.61. The number of carbonyl (C=O) groups excluding carboxylic acids is 1. The van der Waals surface area contributed by atoms with Gasteiger partial charge in [-0.2, -0.15) is 0 Å². The first kappa shape index (κ1) is 21.6. The van der Waals surface area contributed by atoms with Gasteiger partial charge < -0.3 is 5.32 Å². The van der Waals surface area contributed by atoms with Crippen LogP contribution in [0.3, 0.4) is 0 Å². The number of allylic oxidation sites excluding steroid dienone is 1. The van der Waals surface area contributed by atoms with Crippen molar-refractivity contribution in [2.45, 2.75) is 23.9 Å². The summed E-state index contributed by atoms with van der Waals surface area (Å²) in [5.41, 5.74) is 3.19. The van der Waals surface area contributed by atoms with Crippen molar-refractivity contribution in [1.29, 1.82) is 0 Å². The van der Waals surface area contributed by atoms with E-state index >= 15 is 0 Å². The van der Waals surface area contributed by atoms with E-state index in [-0.39, 0.29) is 11.5 Å². The number of anilines is 1. The smallest absolute Gasteiger partial charge is 0.262 e. The number of fused-ring (bicyclic) bond motifs is 1. The largest absolute Gasteiger partial charge is 0.325 e. The molecule has 1 heterocycles. The second-order valence-corrected chi connectivity index (χ2v) is 8.58. The molecule has 1 amide bonds. The Hall–Kier alpha value is -3.64. The average molecular weight is 442 g/mol. The Kier molecular flexibility index (Phi) is 6.52. The summed E-state index contributed by atoms with van der Waals surface area (Å²) >= 11 is 1.26. The Bertz CT molecular complexity index is 1330. The van der Waals surface area contributed by atoms with Gasteiger partial charge >= 0.3 is 0 Å². The normalized spacial score (nSPS) is 11.8. The minimum Gasteiger partial charge on any atom is -0.325 e. The van der Waals surface area contributed by atoms with Gasteiger partial charge in [-0.1, -0.05) is 78.5 Å². The first-order valence-corrected chi connectivity index (χ1v) is 11.2. The first-order chi connectivity index (χ1) is 15.6. The Balaban J connectivity index is 1.61. The lowest BCUT2D eigenvalue weighted by Crippen LogP contribution is -2.27. The predicted molar refractivity (Wildman–Crippen MR) is 132 cm³/mol. The van der Waals surface area contributed by atoms with E-state index in [1.165, 1.54) is 11.8 Å². The lowest BCUT2D eigenvalue weighted by molar-refractivity contribution is -0.115. The summed E-state index contributed by atoms with van der Waals surface area (Å²) in [7, 11) is 0. The fourth-order valence-electron chi connectivity index (χ4n) is 3.44. The quantitative estimate of drug-likeness (QED) is 0.238. The molecule has 0 spiro atoms. The van der Waals surface area contributed by atoms with Crippen molar-refractivity contribution in [3.8, 4) is 11.1 Å². The third-order valence-corrected chi connectivity index (χ3v) is 6.15. The van der Waals surface area contributed by atoms with E-state index < -0.39 is 5.25 Å². The Morgan fingerprint density at radius 2 is 1.75 bits per heavy atom. The molecule has 0 saturated carbocycles. The highest BCUT2D eigenvalue weighted by Crippen LogP contribution is 2.29. The summed E-state index contributed by atoms with van der Waals surface area (Å²) < 4.78 is 1.56. The topological polar surface area (TPSA) is 64.0 Å². The van der Waals surface area contributed by atoms with E-state index in [4.69, 9.17) is 0 Å². The van der Waals surface area contributed by atoms with Gasteiger partial charge in [-0.15, -0.1) is 6.58 Å². The Morgan fingerprint density at radius 3 is 2.53 bits per heavy atom. The van der Waals surface area contributed by atoms with Crippen molar-refractivity contribution < 1.29 is 4.79 Å². The van der Waals surface area contributed by atoms with Gasteiger partial charge in [0, 0.05) is 17.8 Å². The molecule has 0 fully saturated rings. The van der Waals surface area contributed by atoms with E-state index in [1.54, 1.807) is 22.8 Å². The third kappa shape index (κ3) is 4.50. The minimum atomic E-state index is -0.469. The maximum atomic E-state index is 13.1. The highest BCUT2D eigenvalue weighted by molar-refractivity contribution is 8.00. The van der Waals surface area contributed by atoms with Gasteiger partial charge in [-0.25, -0.2) is 4.98 Å². The lowest BCUT2D eigenvalue weighted by atomic mass is 10.0. The van der Waals surface area contributed by atoms with Gasteiger partial charge in [-0.3, -0.25) is 14.2 Å². The summed E-state index contributed by atoms with van der Waals surface area (Å²) in [6.45, 7) is 5.88. The maximum Gasteiger partial charge on any atom is 0.262 e. The molecule has 160 valence electrons. The standard InChI is InChI=1S/C26H23N3O2S/c1-3-17-29-25(31)21-14-8-10-16-23(21)28-26(29)32-18(2)24(30)27-22-15-9-7-13-20(22)19-11-5-4-6-12-19/h3-16,18H,1,17H2,2H3,(H,27,30). The van der Waals surface area contributed by atoms with Gasteiger partial charge in [0.05, 0.1) is 16.2 Å². The summed E-state index contributed by atoms with van der Waals surface area (Å²) in [6.07, 6.45) is 1.66. The van der Waals surface area contributed by atoms with Crippen molar-refractivity contribution in [3.05, 3.63) is 102 Å². The molecule has 0 radical (unpaired) electrons. The van der Waals surface area contributed by atoms with Gasteiger partial charge in [0.1, 0.15) is 0 Å². The molecule has 4 rings (SSSR count). The van der Waals surface area contributed by atoms with Crippen LogP contribution in [0.15, 0.2) is 101 Å². The second kappa shape index (κ2) is 9.66. The van der Waals surface area contributed by atoms with E-state index in [0.717, 1.165) is 16.8 Å². The number of aromatic nitrogens is 2. The molecular weight excluding hydrogens is 418 g/mol. The van der Waals surface area contributed by atoms with Crippen molar-refractivity contribution in [1.82, 2.24) is 9.55 Å². The monoisotopic (exact) mass is 441 g/mol. The average Bonchev–Trinajstić information content (AvgIpc) is 2.82. The molecular formula is C26H23N3O2S. The number of hydrogen-bond donors (Lipinski definition) is 1. The number of rotatable bonds is 7. The van der Waals surface area contributed by atoms with Gasteiger partial charge in [0.15, 0.2) is 5.16 Å². The molecule has 6 heteroatoms. The van der Waals surface area contributed by atoms with Crippen LogP contribution in [0.25, 0.3) is 22.0 Å². The van der Waals surface area contributed by atoms with Crippen molar-refractivity contribution in [3.63, 3.8) is 0 Å². The van der Waals surface area contributed by atoms with Crippen molar-refractivity contribution in [2.75, 3.05) is 5.32 Å². The number of thioether (sulfide) groups is 1. The van der Waals surface area contributed by atoms with Gasteiger partial charge in [-0.05, 0) is 30.7 Å². The minimum absolute atomic E-state index is 0.139. The van der Waals surface area contributed by atoms with Crippen LogP contribution in [0.5, 0.6) is 0 Å². The molecule has 3 aromatic carbocycles. The van der Waals surface area contributed by atoms with E-state index in [9.17, 15) is 9.59 Å². The SMILES string of the molecule is C=CCn1c(SC(C)C(=O)Nc2ccccc2-c2ccccc2)nc2ccccc2c1=O. The zero-order chi connectivity index (χ0) is 22.5. The van der Waals surface area contributed by atoms with Crippen LogP contribution in [-0.4, -0.2) is 20.7 Å². The molecule has 0 bridgehead atoms. The van der Waals surface area contributed by atoms with Gasteiger partial charge in [0.2, 0.25) is 5.91 Å². The molecule has 32 heavy (non-hydrogen) atoms. The first-order valence-electron chi connectivity index (χ1n) is 10.3. The Labute approximate surface area is 190 Å². The molecule has 1 unspecified atom stereocenters. The predicted octanol–water partition coefficient (Wildman–Crippen LogP) is 5.37. The van der Waals surface area contributed by atoms with Crippen LogP contribution in [0.4, 0.5) is 5.69 Å². The third-order valence-electron chi connectivity index (χ3n) is 5.06. The van der Waals surface area contributed by atoms with Gasteiger partial charge in [0.25, 0.3) is 5.56 Å². The zero-order valence-corrected chi connectivity index (χ0v) is 18.5. The molecule has 0 aliphatic carbocycles. The Morgan fingerprint density at radius 1 is 1.06 bits per heavy atom. The van der Waals surface area contributed by atoms with Crippen molar-refractivity contribution in [2.24, 2.45) is 0 Å². The number of para-hydroxylation sites is 2. The maximum absolute atomic E-state index is 13.1. The highest BCUT2D eigenvalue weighted by Gasteiger charge is 2.20. The fraction of sp³-hybridized carbons (Fsp3) is 0.115. The van der Waals surface area contributed by atoms with Crippen LogP contribution >= 0.6 is 11.8 Å². The summed E-state index contributed by atoms with van der Waals surface area (Å²) in [6, 6.07) is 24.9. The molecule has 1 N–H and O–H groups in total. The van der Waals surface area contributed by atoms with Crippen LogP contribution in [-0.2, 0) is 11.3 Å². The molecule has 0 aliphatic rings. The summed E-state index contributed by atoms with van der Waals surface area (Å²) in [5.74, 6) is -0.161. The molecule has 0 aliphatic heterocycles. The van der Waals surface area contributed by atoms with E-state index in [0.29, 0.717) is 22.6 Å². The van der Waals surface area contributed by atoms with Crippen molar-refractivity contribution >= 4 is 34.3 Å². The number of amides is 1. The molecule has 1 atom stereocenters. The summed E-state index contributed by atoms with van der Waals surface area (Å²) in [4.78, 5) is 30.6. The number of nitrogens with zero attached hydrogens (tertiary/aromatic N) is 2. The number of hydrogen-bond acceptors (Lipinski definition) is 4. The van der Waals surface area contributed by atoms with Crippen LogP contribution in [0.1, 0.15) is 6.92 Å². The van der Waals surface area contributed by atoms with Crippen LogP contribution in [0, 0.1) is 0 Å². The second-order valence-electron chi connectivity index (χ2n) is 7.28. The zero-order valence-electron chi connectivity index (χ0n) is 17.7.